The van der Waals surface area contributed by atoms with E-state index in [0.29, 0.717) is 17.8 Å². The number of rotatable bonds is 4. The molecule has 0 bridgehead atoms. The van der Waals surface area contributed by atoms with Crippen LogP contribution in [0.25, 0.3) is 11.0 Å². The quantitative estimate of drug-likeness (QED) is 0.678. The van der Waals surface area contributed by atoms with Crippen molar-refractivity contribution in [2.24, 2.45) is 0 Å². The third-order valence-corrected chi connectivity index (χ3v) is 2.97. The molecule has 0 atom stereocenters. The maximum absolute atomic E-state index is 12.3. The second kappa shape index (κ2) is 5.64. The molecule has 1 heterocycles. The fourth-order valence-corrected chi connectivity index (χ4v) is 1.87. The van der Waals surface area contributed by atoms with Gasteiger partial charge in [0, 0.05) is 17.6 Å². The summed E-state index contributed by atoms with van der Waals surface area (Å²) in [6, 6.07) is 6.75. The fraction of sp³-hybridized carbons (Fsp3) is 0.286. The van der Waals surface area contributed by atoms with E-state index in [2.05, 4.69) is 4.74 Å². The molecule has 0 spiro atoms. The Kier molecular flexibility index (Phi) is 3.93. The Morgan fingerprint density at radius 2 is 2.10 bits per heavy atom. The molecule has 0 radical (unpaired) electrons. The number of hydrogen-bond acceptors (Lipinski definition) is 5. The molecular formula is C14H16N2O4. The number of carbonyl (C=O) groups is 2. The number of esters is 1. The van der Waals surface area contributed by atoms with Gasteiger partial charge in [-0.05, 0) is 31.2 Å². The minimum atomic E-state index is -0.472. The molecule has 2 aromatic rings. The first-order chi connectivity index (χ1) is 9.55. The molecule has 6 nitrogen and oxygen atoms in total. The smallest absolute Gasteiger partial charge is 0.325 e. The molecular weight excluding hydrogens is 260 g/mol. The molecule has 0 saturated carbocycles. The molecule has 1 amide bonds. The Hall–Kier alpha value is -2.50. The van der Waals surface area contributed by atoms with Crippen LogP contribution in [-0.4, -0.2) is 37.0 Å². The lowest BCUT2D eigenvalue weighted by Gasteiger charge is -2.17. The molecule has 0 saturated heterocycles. The van der Waals surface area contributed by atoms with Gasteiger partial charge in [0.1, 0.15) is 12.1 Å². The summed E-state index contributed by atoms with van der Waals surface area (Å²) in [6.07, 6.45) is 0. The van der Waals surface area contributed by atoms with Crippen LogP contribution in [0.2, 0.25) is 0 Å². The molecule has 20 heavy (non-hydrogen) atoms. The maximum Gasteiger partial charge on any atom is 0.325 e. The van der Waals surface area contributed by atoms with Crippen molar-refractivity contribution in [1.29, 1.82) is 0 Å². The van der Waals surface area contributed by atoms with Crippen LogP contribution in [-0.2, 0) is 9.53 Å². The van der Waals surface area contributed by atoms with Gasteiger partial charge in [0.2, 0.25) is 0 Å². The summed E-state index contributed by atoms with van der Waals surface area (Å²) in [5.41, 5.74) is 6.86. The zero-order chi connectivity index (χ0) is 14.7. The van der Waals surface area contributed by atoms with E-state index in [1.165, 1.54) is 12.0 Å². The van der Waals surface area contributed by atoms with E-state index < -0.39 is 5.97 Å². The van der Waals surface area contributed by atoms with Crippen LogP contribution in [0.1, 0.15) is 17.5 Å². The van der Waals surface area contributed by atoms with Gasteiger partial charge in [0.05, 0.1) is 7.11 Å². The van der Waals surface area contributed by atoms with E-state index in [9.17, 15) is 9.59 Å². The number of benzene rings is 1. The van der Waals surface area contributed by atoms with Crippen molar-refractivity contribution in [3.05, 3.63) is 30.0 Å². The number of ether oxygens (including phenoxy) is 1. The number of nitrogens with two attached hydrogens (primary N) is 1. The number of nitrogens with zero attached hydrogens (tertiary/aromatic N) is 1. The van der Waals surface area contributed by atoms with Crippen LogP contribution >= 0.6 is 0 Å². The highest BCUT2D eigenvalue weighted by Gasteiger charge is 2.21. The van der Waals surface area contributed by atoms with Gasteiger partial charge in [-0.2, -0.15) is 0 Å². The van der Waals surface area contributed by atoms with Crippen molar-refractivity contribution in [2.45, 2.75) is 6.92 Å². The molecule has 0 aliphatic carbocycles. The fourth-order valence-electron chi connectivity index (χ4n) is 1.87. The monoisotopic (exact) mass is 276 g/mol. The summed E-state index contributed by atoms with van der Waals surface area (Å²) in [4.78, 5) is 24.9. The highest BCUT2D eigenvalue weighted by molar-refractivity contribution is 5.97. The number of hydrogen-bond donors (Lipinski definition) is 1. The number of anilines is 1. The Bertz CT molecular complexity index is 648. The largest absolute Gasteiger partial charge is 0.468 e. The van der Waals surface area contributed by atoms with Gasteiger partial charge in [-0.25, -0.2) is 0 Å². The Morgan fingerprint density at radius 3 is 2.75 bits per heavy atom. The molecule has 0 fully saturated rings. The summed E-state index contributed by atoms with van der Waals surface area (Å²) in [5, 5.41) is 0.752. The van der Waals surface area contributed by atoms with Crippen molar-refractivity contribution in [1.82, 2.24) is 4.90 Å². The predicted molar refractivity (Wildman–Crippen MR) is 74.2 cm³/mol. The van der Waals surface area contributed by atoms with Gasteiger partial charge >= 0.3 is 5.97 Å². The average molecular weight is 276 g/mol. The molecule has 0 unspecified atom stereocenters. The second-order valence-corrected chi connectivity index (χ2v) is 4.30. The Morgan fingerprint density at radius 1 is 1.35 bits per heavy atom. The van der Waals surface area contributed by atoms with Crippen LogP contribution in [0.4, 0.5) is 5.69 Å². The normalized spacial score (nSPS) is 10.5. The zero-order valence-electron chi connectivity index (χ0n) is 11.4. The van der Waals surface area contributed by atoms with Crippen LogP contribution in [0.5, 0.6) is 0 Å². The first-order valence-electron chi connectivity index (χ1n) is 6.20. The summed E-state index contributed by atoms with van der Waals surface area (Å²) in [6.45, 7) is 2.06. The number of carbonyl (C=O) groups excluding carboxylic acids is 2. The van der Waals surface area contributed by atoms with Gasteiger partial charge in [0.25, 0.3) is 5.91 Å². The summed E-state index contributed by atoms with van der Waals surface area (Å²) in [7, 11) is 1.28. The first kappa shape index (κ1) is 13.9. The summed E-state index contributed by atoms with van der Waals surface area (Å²) >= 11 is 0. The summed E-state index contributed by atoms with van der Waals surface area (Å²) < 4.78 is 10.0. The number of fused-ring (bicyclic) bond motifs is 1. The average Bonchev–Trinajstić information content (AvgIpc) is 2.86. The van der Waals surface area contributed by atoms with Gasteiger partial charge in [-0.1, -0.05) is 0 Å². The van der Waals surface area contributed by atoms with Gasteiger partial charge < -0.3 is 19.8 Å². The molecule has 2 N–H and O–H groups in total. The lowest BCUT2D eigenvalue weighted by atomic mass is 10.2. The third-order valence-electron chi connectivity index (χ3n) is 2.97. The molecule has 0 aliphatic rings. The van der Waals surface area contributed by atoms with Crippen LogP contribution in [0, 0.1) is 0 Å². The van der Waals surface area contributed by atoms with Crippen molar-refractivity contribution in [3.63, 3.8) is 0 Å². The van der Waals surface area contributed by atoms with Gasteiger partial charge in [0.15, 0.2) is 5.76 Å². The second-order valence-electron chi connectivity index (χ2n) is 4.30. The molecule has 1 aromatic heterocycles. The Balaban J connectivity index is 2.27. The number of nitrogen functional groups attached to an aromatic ring is 1. The van der Waals surface area contributed by atoms with Gasteiger partial charge in [-0.15, -0.1) is 0 Å². The number of amides is 1. The zero-order valence-corrected chi connectivity index (χ0v) is 11.4. The van der Waals surface area contributed by atoms with Gasteiger partial charge in [-0.3, -0.25) is 9.59 Å². The predicted octanol–water partition coefficient (Wildman–Crippen LogP) is 1.65. The van der Waals surface area contributed by atoms with E-state index in [-0.39, 0.29) is 18.2 Å². The molecule has 6 heteroatoms. The number of likely N-dealkylation sites (N-methyl/N-ethyl adjacent to an activating group) is 1. The van der Waals surface area contributed by atoms with Crippen molar-refractivity contribution in [3.8, 4) is 0 Å². The van der Waals surface area contributed by atoms with Crippen molar-refractivity contribution in [2.75, 3.05) is 25.9 Å². The molecule has 2 rings (SSSR count). The first-order valence-corrected chi connectivity index (χ1v) is 6.20. The SMILES string of the molecule is CCN(CC(=O)OC)C(=O)c1cc2cc(N)ccc2o1. The lowest BCUT2D eigenvalue weighted by Crippen LogP contribution is -2.35. The standard InChI is InChI=1S/C14H16N2O4/c1-3-16(8-13(17)19-2)14(18)12-7-9-6-10(15)4-5-11(9)20-12/h4-7H,3,8,15H2,1-2H3. The van der Waals surface area contributed by atoms with Crippen LogP contribution in [0.3, 0.4) is 0 Å². The highest BCUT2D eigenvalue weighted by Crippen LogP contribution is 2.22. The number of furan rings is 1. The molecule has 1 aromatic carbocycles. The van der Waals surface area contributed by atoms with E-state index in [4.69, 9.17) is 10.2 Å². The minimum absolute atomic E-state index is 0.106. The van der Waals surface area contributed by atoms with Crippen molar-refractivity contribution >= 4 is 28.5 Å². The van der Waals surface area contributed by atoms with E-state index >= 15 is 0 Å². The number of methoxy groups -OCH3 is 1. The van der Waals surface area contributed by atoms with Crippen LogP contribution < -0.4 is 5.73 Å². The van der Waals surface area contributed by atoms with E-state index in [0.717, 1.165) is 5.39 Å². The van der Waals surface area contributed by atoms with E-state index in [1.807, 2.05) is 0 Å². The highest BCUT2D eigenvalue weighted by atomic mass is 16.5. The van der Waals surface area contributed by atoms with E-state index in [1.54, 1.807) is 31.2 Å². The lowest BCUT2D eigenvalue weighted by molar-refractivity contribution is -0.141. The third kappa shape index (κ3) is 2.74. The van der Waals surface area contributed by atoms with Crippen LogP contribution in [0.15, 0.2) is 28.7 Å². The van der Waals surface area contributed by atoms with Crippen molar-refractivity contribution < 1.29 is 18.7 Å². The molecule has 0 aliphatic heterocycles. The summed E-state index contributed by atoms with van der Waals surface area (Å²) in [5.74, 6) is -0.649. The molecule has 106 valence electrons. The Labute approximate surface area is 116 Å². The maximum atomic E-state index is 12.3. The minimum Gasteiger partial charge on any atom is -0.468 e. The topological polar surface area (TPSA) is 85.8 Å².